The number of carbonyl (C=O) groups is 1. The maximum absolute atomic E-state index is 13.3. The van der Waals surface area contributed by atoms with E-state index in [-0.39, 0.29) is 18.5 Å². The zero-order valence-electron chi connectivity index (χ0n) is 12.8. The lowest BCUT2D eigenvalue weighted by molar-refractivity contribution is 0.162. The average molecular weight is 326 g/mol. The van der Waals surface area contributed by atoms with Gasteiger partial charge in [-0.25, -0.2) is 9.18 Å². The van der Waals surface area contributed by atoms with Gasteiger partial charge in [0.15, 0.2) is 0 Å². The van der Waals surface area contributed by atoms with E-state index in [9.17, 15) is 14.3 Å². The first-order valence-electron chi connectivity index (χ1n) is 7.52. The number of thioether (sulfide) groups is 1. The van der Waals surface area contributed by atoms with E-state index < -0.39 is 5.54 Å². The summed E-state index contributed by atoms with van der Waals surface area (Å²) in [4.78, 5) is 12.1. The Balaban J connectivity index is 1.93. The van der Waals surface area contributed by atoms with Crippen LogP contribution in [0.5, 0.6) is 0 Å². The first-order valence-corrected chi connectivity index (χ1v) is 8.91. The molecule has 1 saturated carbocycles. The van der Waals surface area contributed by atoms with Crippen LogP contribution in [-0.4, -0.2) is 29.5 Å². The van der Waals surface area contributed by atoms with Gasteiger partial charge in [-0.05, 0) is 42.4 Å². The Hall–Kier alpha value is -1.27. The Kier molecular flexibility index (Phi) is 6.08. The number of aliphatic hydroxyl groups excluding tert-OH is 1. The molecule has 122 valence electrons. The Labute approximate surface area is 134 Å². The smallest absolute Gasteiger partial charge is 0.315 e. The molecule has 22 heavy (non-hydrogen) atoms. The molecule has 0 heterocycles. The van der Waals surface area contributed by atoms with Crippen molar-refractivity contribution in [2.24, 2.45) is 0 Å². The van der Waals surface area contributed by atoms with Crippen LogP contribution >= 0.6 is 11.8 Å². The number of nitrogens with one attached hydrogen (secondary N) is 2. The fraction of sp³-hybridized carbons (Fsp3) is 0.562. The number of rotatable bonds is 6. The number of hydrogen-bond acceptors (Lipinski definition) is 3. The molecule has 0 radical (unpaired) electrons. The number of hydrogen-bond donors (Lipinski definition) is 3. The van der Waals surface area contributed by atoms with Gasteiger partial charge in [-0.2, -0.15) is 11.8 Å². The van der Waals surface area contributed by atoms with Crippen LogP contribution < -0.4 is 10.6 Å². The Morgan fingerprint density at radius 2 is 2.09 bits per heavy atom. The molecular weight excluding hydrogens is 303 g/mol. The summed E-state index contributed by atoms with van der Waals surface area (Å²) in [6, 6.07) is 4.34. The highest BCUT2D eigenvalue weighted by molar-refractivity contribution is 7.97. The molecule has 2 amide bonds. The molecule has 0 atom stereocenters. The van der Waals surface area contributed by atoms with E-state index in [4.69, 9.17) is 0 Å². The molecule has 1 aromatic rings. The third kappa shape index (κ3) is 4.36. The van der Waals surface area contributed by atoms with Crippen molar-refractivity contribution in [2.45, 2.75) is 43.5 Å². The largest absolute Gasteiger partial charge is 0.394 e. The third-order valence-corrected chi connectivity index (χ3v) is 4.75. The number of halogens is 1. The SMILES string of the molecule is CSCc1cc(F)ccc1CNC(=O)NC1(CO)CCCC1. The van der Waals surface area contributed by atoms with E-state index >= 15 is 0 Å². The molecule has 1 aliphatic rings. The van der Waals surface area contributed by atoms with Crippen LogP contribution in [0.3, 0.4) is 0 Å². The Morgan fingerprint density at radius 3 is 2.73 bits per heavy atom. The van der Waals surface area contributed by atoms with Gasteiger partial charge >= 0.3 is 6.03 Å². The van der Waals surface area contributed by atoms with Crippen LogP contribution in [0.4, 0.5) is 9.18 Å². The minimum absolute atomic E-state index is 0.0330. The number of urea groups is 1. The van der Waals surface area contributed by atoms with Crippen LogP contribution in [0, 0.1) is 5.82 Å². The van der Waals surface area contributed by atoms with E-state index in [1.165, 1.54) is 12.1 Å². The summed E-state index contributed by atoms with van der Waals surface area (Å²) in [5.41, 5.74) is 1.33. The molecule has 0 aliphatic heterocycles. The van der Waals surface area contributed by atoms with E-state index in [0.717, 1.165) is 36.8 Å². The van der Waals surface area contributed by atoms with Gasteiger partial charge in [0.1, 0.15) is 5.82 Å². The zero-order valence-corrected chi connectivity index (χ0v) is 13.6. The normalized spacial score (nSPS) is 16.5. The van der Waals surface area contributed by atoms with Crippen molar-refractivity contribution in [1.82, 2.24) is 10.6 Å². The lowest BCUT2D eigenvalue weighted by Gasteiger charge is -2.28. The van der Waals surface area contributed by atoms with Crippen molar-refractivity contribution in [3.05, 3.63) is 35.1 Å². The van der Waals surface area contributed by atoms with Crippen LogP contribution in [-0.2, 0) is 12.3 Å². The van der Waals surface area contributed by atoms with Crippen molar-refractivity contribution < 1.29 is 14.3 Å². The molecule has 0 spiro atoms. The summed E-state index contributed by atoms with van der Waals surface area (Å²) < 4.78 is 13.3. The molecule has 1 fully saturated rings. The van der Waals surface area contributed by atoms with Crippen molar-refractivity contribution >= 4 is 17.8 Å². The molecule has 6 heteroatoms. The molecular formula is C16H23FN2O2S. The van der Waals surface area contributed by atoms with E-state index in [2.05, 4.69) is 10.6 Å². The summed E-state index contributed by atoms with van der Waals surface area (Å²) in [6.45, 7) is 0.318. The predicted octanol–water partition coefficient (Wildman–Crippen LogP) is 2.79. The Morgan fingerprint density at radius 1 is 1.36 bits per heavy atom. The first-order chi connectivity index (χ1) is 10.6. The molecule has 0 bridgehead atoms. The molecule has 0 aromatic heterocycles. The van der Waals surface area contributed by atoms with Crippen LogP contribution in [0.2, 0.25) is 0 Å². The standard InChI is InChI=1S/C16H23FN2O2S/c1-22-10-13-8-14(17)5-4-12(13)9-18-15(21)19-16(11-20)6-2-3-7-16/h4-5,8,20H,2-3,6-7,9-11H2,1H3,(H2,18,19,21). The van der Waals surface area contributed by atoms with Gasteiger partial charge in [-0.1, -0.05) is 18.9 Å². The third-order valence-electron chi connectivity index (χ3n) is 4.15. The average Bonchev–Trinajstić information content (AvgIpc) is 2.96. The monoisotopic (exact) mass is 326 g/mol. The topological polar surface area (TPSA) is 61.4 Å². The maximum Gasteiger partial charge on any atom is 0.315 e. The highest BCUT2D eigenvalue weighted by Crippen LogP contribution is 2.28. The summed E-state index contributed by atoms with van der Waals surface area (Å²) >= 11 is 1.61. The lowest BCUT2D eigenvalue weighted by Crippen LogP contribution is -2.52. The van der Waals surface area contributed by atoms with Gasteiger partial charge in [0, 0.05) is 12.3 Å². The molecule has 3 N–H and O–H groups in total. The second-order valence-corrected chi connectivity index (χ2v) is 6.67. The summed E-state index contributed by atoms with van der Waals surface area (Å²) in [6.07, 6.45) is 5.63. The second kappa shape index (κ2) is 7.83. The highest BCUT2D eigenvalue weighted by Gasteiger charge is 2.34. The van der Waals surface area contributed by atoms with Crippen molar-refractivity contribution in [2.75, 3.05) is 12.9 Å². The summed E-state index contributed by atoms with van der Waals surface area (Å²) in [5.74, 6) is 0.444. The van der Waals surface area contributed by atoms with Gasteiger partial charge in [0.05, 0.1) is 12.1 Å². The first kappa shape index (κ1) is 17.1. The number of amides is 2. The maximum atomic E-state index is 13.3. The fourth-order valence-electron chi connectivity index (χ4n) is 2.89. The quantitative estimate of drug-likeness (QED) is 0.753. The molecule has 2 rings (SSSR count). The molecule has 1 aromatic carbocycles. The summed E-state index contributed by atoms with van der Waals surface area (Å²) in [7, 11) is 0. The molecule has 0 unspecified atom stereocenters. The molecule has 0 saturated heterocycles. The van der Waals surface area contributed by atoms with Gasteiger partial charge in [-0.3, -0.25) is 0 Å². The highest BCUT2D eigenvalue weighted by atomic mass is 32.2. The van der Waals surface area contributed by atoms with Crippen molar-refractivity contribution in [3.63, 3.8) is 0 Å². The van der Waals surface area contributed by atoms with E-state index in [1.807, 2.05) is 6.26 Å². The molecule has 4 nitrogen and oxygen atoms in total. The number of carbonyl (C=O) groups excluding carboxylic acids is 1. The predicted molar refractivity (Wildman–Crippen MR) is 87.3 cm³/mol. The van der Waals surface area contributed by atoms with Crippen LogP contribution in [0.25, 0.3) is 0 Å². The number of benzene rings is 1. The van der Waals surface area contributed by atoms with E-state index in [0.29, 0.717) is 12.3 Å². The second-order valence-electron chi connectivity index (χ2n) is 5.80. The fourth-order valence-corrected chi connectivity index (χ4v) is 3.47. The van der Waals surface area contributed by atoms with Gasteiger partial charge in [-0.15, -0.1) is 0 Å². The summed E-state index contributed by atoms with van der Waals surface area (Å²) in [5, 5.41) is 15.2. The zero-order chi connectivity index (χ0) is 16.0. The Bertz CT molecular complexity index is 519. The minimum Gasteiger partial charge on any atom is -0.394 e. The molecule has 1 aliphatic carbocycles. The van der Waals surface area contributed by atoms with E-state index in [1.54, 1.807) is 17.8 Å². The lowest BCUT2D eigenvalue weighted by atomic mass is 9.99. The van der Waals surface area contributed by atoms with Crippen molar-refractivity contribution in [1.29, 1.82) is 0 Å². The van der Waals surface area contributed by atoms with Crippen LogP contribution in [0.15, 0.2) is 18.2 Å². The number of aliphatic hydroxyl groups is 1. The van der Waals surface area contributed by atoms with Gasteiger partial charge in [0.25, 0.3) is 0 Å². The van der Waals surface area contributed by atoms with Crippen LogP contribution in [0.1, 0.15) is 36.8 Å². The van der Waals surface area contributed by atoms with Gasteiger partial charge in [0.2, 0.25) is 0 Å². The van der Waals surface area contributed by atoms with Crippen molar-refractivity contribution in [3.8, 4) is 0 Å². The van der Waals surface area contributed by atoms with Gasteiger partial charge < -0.3 is 15.7 Å². The minimum atomic E-state index is -0.477.